The van der Waals surface area contributed by atoms with Gasteiger partial charge >= 0.3 is 0 Å². The third kappa shape index (κ3) is 4.39. The standard InChI is InChI=1S/C20H35ClN8O/c1-20(2,3)28-8-6-27(7-9-28)15-4-5-23-11-14(15)25-19(30)16-17(22)26-29-12-13(21)10-24-18(16)29/h13-15,23-24H,4-12H2,1-3H3,(H2,22,26)(H,25,30). The number of aromatic nitrogens is 2. The van der Waals surface area contributed by atoms with Crippen molar-refractivity contribution in [3.63, 3.8) is 0 Å². The highest BCUT2D eigenvalue weighted by molar-refractivity contribution is 6.21. The molecule has 1 aromatic heterocycles. The molecule has 0 saturated carbocycles. The van der Waals surface area contributed by atoms with E-state index in [2.05, 4.69) is 51.6 Å². The zero-order chi connectivity index (χ0) is 21.5. The number of hydrogen-bond acceptors (Lipinski definition) is 7. The van der Waals surface area contributed by atoms with Crippen LogP contribution >= 0.6 is 11.6 Å². The molecule has 0 spiro atoms. The molecule has 1 aromatic rings. The Morgan fingerprint density at radius 2 is 1.97 bits per heavy atom. The summed E-state index contributed by atoms with van der Waals surface area (Å²) < 4.78 is 1.70. The van der Waals surface area contributed by atoms with Gasteiger partial charge in [0, 0.05) is 50.8 Å². The summed E-state index contributed by atoms with van der Waals surface area (Å²) in [5.41, 5.74) is 6.73. The second-order valence-corrected chi connectivity index (χ2v) is 10.2. The summed E-state index contributed by atoms with van der Waals surface area (Å²) in [7, 11) is 0. The number of nitrogens with one attached hydrogen (secondary N) is 3. The Labute approximate surface area is 183 Å². The van der Waals surface area contributed by atoms with Crippen molar-refractivity contribution in [1.29, 1.82) is 0 Å². The Kier molecular flexibility index (Phi) is 6.16. The molecule has 5 N–H and O–H groups in total. The fraction of sp³-hybridized carbons (Fsp3) is 0.800. The van der Waals surface area contributed by atoms with Crippen molar-refractivity contribution in [1.82, 2.24) is 30.2 Å². The van der Waals surface area contributed by atoms with Crippen molar-refractivity contribution >= 4 is 29.1 Å². The topological polar surface area (TPSA) is 103 Å². The average Bonchev–Trinajstić information content (AvgIpc) is 3.02. The number of piperazine rings is 1. The first kappa shape index (κ1) is 21.7. The van der Waals surface area contributed by atoms with Crippen LogP contribution in [0.15, 0.2) is 0 Å². The number of nitrogens with zero attached hydrogens (tertiary/aromatic N) is 4. The third-order valence-corrected chi connectivity index (χ3v) is 6.85. The largest absolute Gasteiger partial charge is 0.381 e. The molecule has 10 heteroatoms. The van der Waals surface area contributed by atoms with Crippen LogP contribution in [0.5, 0.6) is 0 Å². The SMILES string of the molecule is CC(C)(C)N1CCN(C2CCNCC2NC(=O)c2c(N)nn3c2NCC(Cl)C3)CC1. The minimum absolute atomic E-state index is 0.0340. The molecule has 30 heavy (non-hydrogen) atoms. The Morgan fingerprint density at radius 1 is 1.23 bits per heavy atom. The van der Waals surface area contributed by atoms with E-state index >= 15 is 0 Å². The third-order valence-electron chi connectivity index (χ3n) is 6.56. The van der Waals surface area contributed by atoms with Gasteiger partial charge < -0.3 is 21.7 Å². The van der Waals surface area contributed by atoms with Crippen LogP contribution in [0.3, 0.4) is 0 Å². The molecule has 3 unspecified atom stereocenters. The van der Waals surface area contributed by atoms with E-state index in [0.29, 0.717) is 30.5 Å². The molecule has 3 atom stereocenters. The van der Waals surface area contributed by atoms with Crippen LogP contribution in [-0.2, 0) is 6.54 Å². The number of piperidine rings is 1. The van der Waals surface area contributed by atoms with Crippen molar-refractivity contribution in [2.75, 3.05) is 56.9 Å². The van der Waals surface area contributed by atoms with Crippen LogP contribution < -0.4 is 21.7 Å². The summed E-state index contributed by atoms with van der Waals surface area (Å²) in [4.78, 5) is 18.3. The summed E-state index contributed by atoms with van der Waals surface area (Å²) in [6.07, 6.45) is 1.02. The van der Waals surface area contributed by atoms with E-state index in [4.69, 9.17) is 17.3 Å². The molecule has 0 aliphatic carbocycles. The lowest BCUT2D eigenvalue weighted by atomic mass is 9.96. The van der Waals surface area contributed by atoms with Gasteiger partial charge in [0.2, 0.25) is 0 Å². The van der Waals surface area contributed by atoms with Crippen molar-refractivity contribution in [2.45, 2.75) is 56.7 Å². The predicted octanol–water partition coefficient (Wildman–Crippen LogP) is 0.375. The van der Waals surface area contributed by atoms with Crippen molar-refractivity contribution in [3.8, 4) is 0 Å². The van der Waals surface area contributed by atoms with E-state index in [1.807, 2.05) is 0 Å². The number of rotatable bonds is 3. The number of fused-ring (bicyclic) bond motifs is 1. The van der Waals surface area contributed by atoms with E-state index in [-0.39, 0.29) is 28.7 Å². The van der Waals surface area contributed by atoms with E-state index in [1.54, 1.807) is 4.68 Å². The van der Waals surface area contributed by atoms with Crippen LogP contribution in [0.1, 0.15) is 37.6 Å². The van der Waals surface area contributed by atoms with Crippen LogP contribution in [0, 0.1) is 0 Å². The first-order valence-electron chi connectivity index (χ1n) is 11.0. The van der Waals surface area contributed by atoms with Crippen LogP contribution in [0.2, 0.25) is 0 Å². The molecule has 2 saturated heterocycles. The van der Waals surface area contributed by atoms with E-state index in [0.717, 1.165) is 45.7 Å². The minimum atomic E-state index is -0.165. The van der Waals surface area contributed by atoms with Gasteiger partial charge in [-0.05, 0) is 33.7 Å². The van der Waals surface area contributed by atoms with Crippen molar-refractivity contribution in [2.24, 2.45) is 0 Å². The van der Waals surface area contributed by atoms with Gasteiger partial charge in [0.15, 0.2) is 5.82 Å². The number of halogens is 1. The number of hydrogen-bond donors (Lipinski definition) is 4. The highest BCUT2D eigenvalue weighted by Crippen LogP contribution is 2.27. The molecule has 3 aliphatic heterocycles. The maximum Gasteiger partial charge on any atom is 0.259 e. The number of carbonyl (C=O) groups excluding carboxylic acids is 1. The second kappa shape index (κ2) is 8.53. The number of nitrogen functional groups attached to an aromatic ring is 1. The summed E-state index contributed by atoms with van der Waals surface area (Å²) in [5.74, 6) is 0.752. The molecular weight excluding hydrogens is 404 g/mol. The zero-order valence-corrected chi connectivity index (χ0v) is 19.0. The molecule has 168 valence electrons. The number of alkyl halides is 1. The van der Waals surface area contributed by atoms with E-state index in [1.165, 1.54) is 0 Å². The fourth-order valence-electron chi connectivity index (χ4n) is 4.87. The first-order chi connectivity index (χ1) is 14.2. The predicted molar refractivity (Wildman–Crippen MR) is 120 cm³/mol. The van der Waals surface area contributed by atoms with Crippen LogP contribution in [0.25, 0.3) is 0 Å². The van der Waals surface area contributed by atoms with Crippen LogP contribution in [0.4, 0.5) is 11.6 Å². The zero-order valence-electron chi connectivity index (χ0n) is 18.2. The van der Waals surface area contributed by atoms with Crippen molar-refractivity contribution < 1.29 is 4.79 Å². The molecule has 4 rings (SSSR count). The summed E-state index contributed by atoms with van der Waals surface area (Å²) >= 11 is 6.20. The molecular formula is C20H35ClN8O. The first-order valence-corrected chi connectivity index (χ1v) is 11.4. The van der Waals surface area contributed by atoms with Crippen molar-refractivity contribution in [3.05, 3.63) is 5.56 Å². The Morgan fingerprint density at radius 3 is 2.67 bits per heavy atom. The van der Waals surface area contributed by atoms with Gasteiger partial charge in [-0.2, -0.15) is 5.10 Å². The van der Waals surface area contributed by atoms with E-state index in [9.17, 15) is 4.79 Å². The van der Waals surface area contributed by atoms with Gasteiger partial charge in [-0.3, -0.25) is 14.6 Å². The smallest absolute Gasteiger partial charge is 0.259 e. The average molecular weight is 439 g/mol. The highest BCUT2D eigenvalue weighted by Gasteiger charge is 2.36. The molecule has 2 fully saturated rings. The Hall–Kier alpha value is -1.55. The molecule has 3 aliphatic rings. The van der Waals surface area contributed by atoms with Crippen LogP contribution in [-0.4, -0.2) is 94.3 Å². The Bertz CT molecular complexity index is 768. The van der Waals surface area contributed by atoms with Gasteiger partial charge in [0.1, 0.15) is 11.4 Å². The highest BCUT2D eigenvalue weighted by atomic mass is 35.5. The number of anilines is 2. The summed E-state index contributed by atoms with van der Waals surface area (Å²) in [5, 5.41) is 14.1. The van der Waals surface area contributed by atoms with Gasteiger partial charge in [-0.25, -0.2) is 4.68 Å². The monoisotopic (exact) mass is 438 g/mol. The fourth-order valence-corrected chi connectivity index (χ4v) is 5.08. The van der Waals surface area contributed by atoms with Gasteiger partial charge in [0.25, 0.3) is 5.91 Å². The number of carbonyl (C=O) groups is 1. The van der Waals surface area contributed by atoms with Gasteiger partial charge in [-0.15, -0.1) is 11.6 Å². The molecule has 4 heterocycles. The molecule has 9 nitrogen and oxygen atoms in total. The lowest BCUT2D eigenvalue weighted by Gasteiger charge is -2.47. The van der Waals surface area contributed by atoms with Gasteiger partial charge in [0.05, 0.1) is 18.0 Å². The van der Waals surface area contributed by atoms with E-state index < -0.39 is 0 Å². The molecule has 1 amide bonds. The lowest BCUT2D eigenvalue weighted by molar-refractivity contribution is 0.0256. The summed E-state index contributed by atoms with van der Waals surface area (Å²) in [6, 6.07) is 0.358. The Balaban J connectivity index is 1.44. The molecule has 0 radical (unpaired) electrons. The lowest BCUT2D eigenvalue weighted by Crippen LogP contribution is -2.64. The maximum atomic E-state index is 13.2. The van der Waals surface area contributed by atoms with Gasteiger partial charge in [-0.1, -0.05) is 0 Å². The minimum Gasteiger partial charge on any atom is -0.381 e. The maximum absolute atomic E-state index is 13.2. The molecule has 0 aromatic carbocycles. The summed E-state index contributed by atoms with van der Waals surface area (Å²) in [6.45, 7) is 13.9. The quantitative estimate of drug-likeness (QED) is 0.505. The molecule has 0 bridgehead atoms. The second-order valence-electron chi connectivity index (χ2n) is 9.60. The number of nitrogens with two attached hydrogens (primary N) is 1. The number of amides is 1. The normalized spacial score (nSPS) is 28.6.